The first-order chi connectivity index (χ1) is 11.2. The van der Waals surface area contributed by atoms with Crippen LogP contribution in [0, 0.1) is 0 Å². The third-order valence-corrected chi connectivity index (χ3v) is 3.14. The highest BCUT2D eigenvalue weighted by molar-refractivity contribution is 5.73. The monoisotopic (exact) mass is 316 g/mol. The van der Waals surface area contributed by atoms with E-state index >= 15 is 0 Å². The number of ether oxygens (including phenoxy) is 4. The molecule has 0 saturated heterocycles. The zero-order valence-corrected chi connectivity index (χ0v) is 13.3. The van der Waals surface area contributed by atoms with Gasteiger partial charge in [0.15, 0.2) is 23.0 Å². The van der Waals surface area contributed by atoms with Crippen molar-refractivity contribution < 1.29 is 23.7 Å². The molecule has 2 rings (SSSR count). The molecule has 0 aromatic heterocycles. The fourth-order valence-electron chi connectivity index (χ4n) is 2.01. The van der Waals surface area contributed by atoms with Crippen LogP contribution in [0.1, 0.15) is 12.8 Å². The highest BCUT2D eigenvalue weighted by Crippen LogP contribution is 2.27. The minimum Gasteiger partial charge on any atom is -0.493 e. The van der Waals surface area contributed by atoms with Crippen LogP contribution in [0.5, 0.6) is 23.0 Å². The van der Waals surface area contributed by atoms with E-state index in [2.05, 4.69) is 0 Å². The van der Waals surface area contributed by atoms with Gasteiger partial charge in [-0.05, 0) is 30.7 Å². The molecule has 5 heteroatoms. The van der Waals surface area contributed by atoms with E-state index in [0.717, 1.165) is 0 Å². The standard InChI is InChI=1S/C18H20O5/c1-20-14-8-3-5-10-16(14)22-13-7-12-18(19)23-17-11-6-4-9-15(17)21-2/h3-6,8-11H,7,12-13H2,1-2H3. The van der Waals surface area contributed by atoms with Gasteiger partial charge in [0, 0.05) is 6.42 Å². The summed E-state index contributed by atoms with van der Waals surface area (Å²) in [5.74, 6) is 1.96. The second-order valence-electron chi connectivity index (χ2n) is 4.73. The first-order valence-electron chi connectivity index (χ1n) is 7.34. The van der Waals surface area contributed by atoms with Crippen molar-refractivity contribution in [3.63, 3.8) is 0 Å². The van der Waals surface area contributed by atoms with Gasteiger partial charge < -0.3 is 18.9 Å². The van der Waals surface area contributed by atoms with Crippen molar-refractivity contribution in [2.24, 2.45) is 0 Å². The number of hydrogen-bond donors (Lipinski definition) is 0. The van der Waals surface area contributed by atoms with Gasteiger partial charge in [0.1, 0.15) is 0 Å². The van der Waals surface area contributed by atoms with Crippen molar-refractivity contribution in [2.45, 2.75) is 12.8 Å². The Morgan fingerprint density at radius 2 is 1.35 bits per heavy atom. The molecule has 0 aliphatic rings. The lowest BCUT2D eigenvalue weighted by Crippen LogP contribution is -2.10. The molecule has 0 fully saturated rings. The number of hydrogen-bond acceptors (Lipinski definition) is 5. The van der Waals surface area contributed by atoms with Crippen molar-refractivity contribution in [1.82, 2.24) is 0 Å². The Morgan fingerprint density at radius 1 is 0.826 bits per heavy atom. The molecule has 0 unspecified atom stereocenters. The van der Waals surface area contributed by atoms with E-state index in [0.29, 0.717) is 36.0 Å². The molecule has 0 N–H and O–H groups in total. The fraction of sp³-hybridized carbons (Fsp3) is 0.278. The number of rotatable bonds is 8. The van der Waals surface area contributed by atoms with Crippen LogP contribution < -0.4 is 18.9 Å². The lowest BCUT2D eigenvalue weighted by molar-refractivity contribution is -0.134. The Labute approximate surface area is 135 Å². The van der Waals surface area contributed by atoms with Crippen LogP contribution in [0.25, 0.3) is 0 Å². The van der Waals surface area contributed by atoms with Gasteiger partial charge in [0.2, 0.25) is 0 Å². The smallest absolute Gasteiger partial charge is 0.311 e. The minimum atomic E-state index is -0.321. The van der Waals surface area contributed by atoms with Crippen LogP contribution >= 0.6 is 0 Å². The van der Waals surface area contributed by atoms with Gasteiger partial charge in [-0.25, -0.2) is 0 Å². The van der Waals surface area contributed by atoms with E-state index in [1.54, 1.807) is 25.3 Å². The van der Waals surface area contributed by atoms with E-state index < -0.39 is 0 Å². The first-order valence-corrected chi connectivity index (χ1v) is 7.34. The van der Waals surface area contributed by atoms with Gasteiger partial charge in [-0.1, -0.05) is 24.3 Å². The van der Waals surface area contributed by atoms with Crippen LogP contribution in [0.3, 0.4) is 0 Å². The van der Waals surface area contributed by atoms with E-state index in [1.165, 1.54) is 7.11 Å². The summed E-state index contributed by atoms with van der Waals surface area (Å²) in [6.07, 6.45) is 0.805. The van der Waals surface area contributed by atoms with E-state index in [9.17, 15) is 4.79 Å². The van der Waals surface area contributed by atoms with Crippen molar-refractivity contribution in [2.75, 3.05) is 20.8 Å². The van der Waals surface area contributed by atoms with Crippen LogP contribution in [-0.2, 0) is 4.79 Å². The molecule has 0 amide bonds. The summed E-state index contributed by atoms with van der Waals surface area (Å²) in [6, 6.07) is 14.4. The Balaban J connectivity index is 1.77. The maximum atomic E-state index is 11.9. The molecule has 2 aromatic carbocycles. The van der Waals surface area contributed by atoms with Crippen molar-refractivity contribution in [3.05, 3.63) is 48.5 Å². The predicted octanol–water partition coefficient (Wildman–Crippen LogP) is 3.47. The SMILES string of the molecule is COc1ccccc1OCCCC(=O)Oc1ccccc1OC. The lowest BCUT2D eigenvalue weighted by atomic mass is 10.3. The van der Waals surface area contributed by atoms with Gasteiger partial charge in [-0.3, -0.25) is 4.79 Å². The summed E-state index contributed by atoms with van der Waals surface area (Å²) >= 11 is 0. The third kappa shape index (κ3) is 4.92. The van der Waals surface area contributed by atoms with Crippen LogP contribution in [0.2, 0.25) is 0 Å². The predicted molar refractivity (Wildman–Crippen MR) is 86.4 cm³/mol. The van der Waals surface area contributed by atoms with E-state index in [1.807, 2.05) is 30.3 Å². The summed E-state index contributed by atoms with van der Waals surface area (Å²) in [4.78, 5) is 11.9. The molecule has 0 heterocycles. The molecule has 2 aromatic rings. The number of carbonyl (C=O) groups excluding carboxylic acids is 1. The summed E-state index contributed by atoms with van der Waals surface area (Å²) in [5.41, 5.74) is 0. The number of carbonyl (C=O) groups is 1. The normalized spacial score (nSPS) is 10.0. The Hall–Kier alpha value is -2.69. The molecule has 0 bridgehead atoms. The molecular formula is C18H20O5. The van der Waals surface area contributed by atoms with Gasteiger partial charge >= 0.3 is 5.97 Å². The number of para-hydroxylation sites is 4. The summed E-state index contributed by atoms with van der Waals surface area (Å²) < 4.78 is 21.2. The molecular weight excluding hydrogens is 296 g/mol. The van der Waals surface area contributed by atoms with Crippen molar-refractivity contribution in [1.29, 1.82) is 0 Å². The van der Waals surface area contributed by atoms with Crippen molar-refractivity contribution >= 4 is 5.97 Å². The molecule has 0 spiro atoms. The molecule has 0 atom stereocenters. The summed E-state index contributed by atoms with van der Waals surface area (Å²) in [6.45, 7) is 0.404. The third-order valence-electron chi connectivity index (χ3n) is 3.14. The fourth-order valence-corrected chi connectivity index (χ4v) is 2.01. The lowest BCUT2D eigenvalue weighted by Gasteiger charge is -2.10. The second kappa shape index (κ2) is 8.68. The van der Waals surface area contributed by atoms with Gasteiger partial charge in [0.05, 0.1) is 20.8 Å². The maximum Gasteiger partial charge on any atom is 0.311 e. The van der Waals surface area contributed by atoms with E-state index in [4.69, 9.17) is 18.9 Å². The zero-order chi connectivity index (χ0) is 16.5. The quantitative estimate of drug-likeness (QED) is 0.424. The molecule has 122 valence electrons. The minimum absolute atomic E-state index is 0.257. The Bertz CT molecular complexity index is 639. The maximum absolute atomic E-state index is 11.9. The second-order valence-corrected chi connectivity index (χ2v) is 4.73. The van der Waals surface area contributed by atoms with Gasteiger partial charge in [-0.2, -0.15) is 0 Å². The molecule has 0 saturated carbocycles. The van der Waals surface area contributed by atoms with Crippen LogP contribution in [0.4, 0.5) is 0 Å². The van der Waals surface area contributed by atoms with Gasteiger partial charge in [-0.15, -0.1) is 0 Å². The van der Waals surface area contributed by atoms with Crippen LogP contribution in [-0.4, -0.2) is 26.8 Å². The largest absolute Gasteiger partial charge is 0.493 e. The molecule has 0 radical (unpaired) electrons. The molecule has 0 aliphatic heterocycles. The van der Waals surface area contributed by atoms with Gasteiger partial charge in [0.25, 0.3) is 0 Å². The average molecular weight is 316 g/mol. The highest BCUT2D eigenvalue weighted by atomic mass is 16.6. The van der Waals surface area contributed by atoms with Crippen LogP contribution in [0.15, 0.2) is 48.5 Å². The average Bonchev–Trinajstić information content (AvgIpc) is 2.59. The zero-order valence-electron chi connectivity index (χ0n) is 13.3. The Kier molecular flexibility index (Phi) is 6.29. The summed E-state index contributed by atoms with van der Waals surface area (Å²) in [5, 5.41) is 0. The Morgan fingerprint density at radius 3 is 1.96 bits per heavy atom. The number of methoxy groups -OCH3 is 2. The number of benzene rings is 2. The number of esters is 1. The summed E-state index contributed by atoms with van der Waals surface area (Å²) in [7, 11) is 3.13. The topological polar surface area (TPSA) is 54.0 Å². The highest BCUT2D eigenvalue weighted by Gasteiger charge is 2.09. The molecule has 5 nitrogen and oxygen atoms in total. The van der Waals surface area contributed by atoms with Crippen molar-refractivity contribution in [3.8, 4) is 23.0 Å². The van der Waals surface area contributed by atoms with E-state index in [-0.39, 0.29) is 12.4 Å². The molecule has 0 aliphatic carbocycles. The molecule has 23 heavy (non-hydrogen) atoms. The first kappa shape index (κ1) is 16.7.